The van der Waals surface area contributed by atoms with Crippen LogP contribution in [0.4, 0.5) is 8.78 Å². The first-order chi connectivity index (χ1) is 9.06. The van der Waals surface area contributed by atoms with Gasteiger partial charge in [0.2, 0.25) is 0 Å². The van der Waals surface area contributed by atoms with E-state index in [1.54, 1.807) is 36.4 Å². The van der Waals surface area contributed by atoms with Crippen molar-refractivity contribution in [1.82, 2.24) is 0 Å². The Hall–Kier alpha value is -1.65. The molecule has 2 nitrogen and oxygen atoms in total. The molecule has 1 unspecified atom stereocenters. The number of alkyl halides is 2. The van der Waals surface area contributed by atoms with Gasteiger partial charge in [0, 0.05) is 5.02 Å². The van der Waals surface area contributed by atoms with Gasteiger partial charge >= 0.3 is 6.61 Å². The van der Waals surface area contributed by atoms with Gasteiger partial charge in [-0.25, -0.2) is 0 Å². The van der Waals surface area contributed by atoms with Gasteiger partial charge in [-0.15, -0.1) is 0 Å². The predicted molar refractivity (Wildman–Crippen MR) is 70.6 cm³/mol. The lowest BCUT2D eigenvalue weighted by Crippen LogP contribution is -2.12. The molecule has 0 fully saturated rings. The summed E-state index contributed by atoms with van der Waals surface area (Å²) in [6.07, 6.45) is 0. The molecule has 0 aliphatic heterocycles. The van der Waals surface area contributed by atoms with Crippen LogP contribution in [0.1, 0.15) is 17.2 Å². The van der Waals surface area contributed by atoms with E-state index in [1.807, 2.05) is 0 Å². The van der Waals surface area contributed by atoms with Crippen LogP contribution in [0.2, 0.25) is 5.02 Å². The zero-order valence-corrected chi connectivity index (χ0v) is 10.6. The van der Waals surface area contributed by atoms with Gasteiger partial charge in [0.1, 0.15) is 5.75 Å². The van der Waals surface area contributed by atoms with Crippen LogP contribution in [0.3, 0.4) is 0 Å². The van der Waals surface area contributed by atoms with Gasteiger partial charge in [-0.05, 0) is 35.4 Å². The summed E-state index contributed by atoms with van der Waals surface area (Å²) in [6, 6.07) is 13.0. The number of halogens is 3. The molecule has 0 bridgehead atoms. The molecule has 1 atom stereocenters. The highest BCUT2D eigenvalue weighted by molar-refractivity contribution is 6.30. The van der Waals surface area contributed by atoms with Crippen molar-refractivity contribution >= 4 is 11.6 Å². The zero-order chi connectivity index (χ0) is 13.8. The van der Waals surface area contributed by atoms with E-state index in [2.05, 4.69) is 4.74 Å². The maximum Gasteiger partial charge on any atom is 0.387 e. The number of rotatable bonds is 4. The summed E-state index contributed by atoms with van der Waals surface area (Å²) in [7, 11) is 0. The lowest BCUT2D eigenvalue weighted by atomic mass is 9.99. The first-order valence-electron chi connectivity index (χ1n) is 5.62. The molecule has 0 aliphatic carbocycles. The Kier molecular flexibility index (Phi) is 4.35. The Morgan fingerprint density at radius 1 is 1.00 bits per heavy atom. The summed E-state index contributed by atoms with van der Waals surface area (Å²) in [5.74, 6) is 0.0944. The molecule has 2 aromatic carbocycles. The lowest BCUT2D eigenvalue weighted by molar-refractivity contribution is -0.0498. The molecule has 2 N–H and O–H groups in total. The summed E-state index contributed by atoms with van der Waals surface area (Å²) in [5.41, 5.74) is 7.62. The van der Waals surface area contributed by atoms with Gasteiger partial charge in [0.05, 0.1) is 6.04 Å². The van der Waals surface area contributed by atoms with E-state index in [4.69, 9.17) is 17.3 Å². The smallest absolute Gasteiger partial charge is 0.387 e. The van der Waals surface area contributed by atoms with Gasteiger partial charge in [0.15, 0.2) is 0 Å². The quantitative estimate of drug-likeness (QED) is 0.921. The Morgan fingerprint density at radius 2 is 1.68 bits per heavy atom. The third kappa shape index (κ3) is 3.66. The molecular formula is C14H12ClF2NO. The molecular weight excluding hydrogens is 272 g/mol. The molecule has 100 valence electrons. The standard InChI is InChI=1S/C14H12ClF2NO/c15-11-6-4-9(5-7-11)13(18)10-2-1-3-12(8-10)19-14(16)17/h1-8,13-14H,18H2. The highest BCUT2D eigenvalue weighted by Crippen LogP contribution is 2.25. The van der Waals surface area contributed by atoms with Crippen LogP contribution in [0.25, 0.3) is 0 Å². The minimum absolute atomic E-state index is 0.0944. The maximum absolute atomic E-state index is 12.2. The van der Waals surface area contributed by atoms with Gasteiger partial charge in [-0.2, -0.15) is 8.78 Å². The molecule has 0 aromatic heterocycles. The van der Waals surface area contributed by atoms with Crippen molar-refractivity contribution in [1.29, 1.82) is 0 Å². The fourth-order valence-electron chi connectivity index (χ4n) is 1.75. The van der Waals surface area contributed by atoms with Crippen molar-refractivity contribution < 1.29 is 13.5 Å². The molecule has 0 spiro atoms. The van der Waals surface area contributed by atoms with Crippen LogP contribution in [0.15, 0.2) is 48.5 Å². The highest BCUT2D eigenvalue weighted by Gasteiger charge is 2.11. The number of nitrogens with two attached hydrogens (primary N) is 1. The fourth-order valence-corrected chi connectivity index (χ4v) is 1.87. The predicted octanol–water partition coefficient (Wildman–Crippen LogP) is 3.99. The van der Waals surface area contributed by atoms with E-state index in [1.165, 1.54) is 12.1 Å². The van der Waals surface area contributed by atoms with Crippen LogP contribution in [-0.2, 0) is 0 Å². The highest BCUT2D eigenvalue weighted by atomic mass is 35.5. The van der Waals surface area contributed by atoms with E-state index >= 15 is 0 Å². The number of hydrogen-bond donors (Lipinski definition) is 1. The molecule has 5 heteroatoms. The van der Waals surface area contributed by atoms with Crippen LogP contribution in [0.5, 0.6) is 5.75 Å². The Bertz CT molecular complexity index is 545. The normalized spacial score (nSPS) is 12.5. The average molecular weight is 284 g/mol. The van der Waals surface area contributed by atoms with Crippen LogP contribution < -0.4 is 10.5 Å². The Labute approximate surface area is 114 Å². The van der Waals surface area contributed by atoms with Crippen molar-refractivity contribution in [3.63, 3.8) is 0 Å². The summed E-state index contributed by atoms with van der Waals surface area (Å²) in [5, 5.41) is 0.616. The first-order valence-corrected chi connectivity index (χ1v) is 6.00. The largest absolute Gasteiger partial charge is 0.435 e. The first kappa shape index (κ1) is 13.8. The van der Waals surface area contributed by atoms with E-state index in [-0.39, 0.29) is 5.75 Å². The topological polar surface area (TPSA) is 35.2 Å². The summed E-state index contributed by atoms with van der Waals surface area (Å²) in [6.45, 7) is -2.85. The third-order valence-corrected chi connectivity index (χ3v) is 2.92. The average Bonchev–Trinajstić information content (AvgIpc) is 2.38. The van der Waals surface area contributed by atoms with Crippen molar-refractivity contribution in [2.45, 2.75) is 12.7 Å². The van der Waals surface area contributed by atoms with Gasteiger partial charge < -0.3 is 10.5 Å². The number of hydrogen-bond acceptors (Lipinski definition) is 2. The van der Waals surface area contributed by atoms with Crippen molar-refractivity contribution in [2.75, 3.05) is 0 Å². The second-order valence-corrected chi connectivity index (χ2v) is 4.42. The van der Waals surface area contributed by atoms with Crippen LogP contribution >= 0.6 is 11.6 Å². The molecule has 0 radical (unpaired) electrons. The van der Waals surface area contributed by atoms with E-state index in [0.29, 0.717) is 10.6 Å². The second-order valence-electron chi connectivity index (χ2n) is 3.98. The van der Waals surface area contributed by atoms with E-state index in [0.717, 1.165) is 5.56 Å². The monoisotopic (exact) mass is 283 g/mol. The lowest BCUT2D eigenvalue weighted by Gasteiger charge is -2.14. The molecule has 2 aromatic rings. The van der Waals surface area contributed by atoms with Crippen molar-refractivity contribution in [2.24, 2.45) is 5.73 Å². The SMILES string of the molecule is NC(c1ccc(Cl)cc1)c1cccc(OC(F)F)c1. The van der Waals surface area contributed by atoms with Gasteiger partial charge in [0.25, 0.3) is 0 Å². The molecule has 0 aliphatic rings. The summed E-state index contributed by atoms with van der Waals surface area (Å²) < 4.78 is 28.7. The second kappa shape index (κ2) is 5.99. The number of benzene rings is 2. The van der Waals surface area contributed by atoms with Crippen LogP contribution in [0, 0.1) is 0 Å². The fraction of sp³-hybridized carbons (Fsp3) is 0.143. The maximum atomic E-state index is 12.2. The molecule has 0 amide bonds. The zero-order valence-electron chi connectivity index (χ0n) is 9.89. The van der Waals surface area contributed by atoms with Gasteiger partial charge in [-0.1, -0.05) is 35.9 Å². The molecule has 0 saturated carbocycles. The molecule has 0 saturated heterocycles. The minimum Gasteiger partial charge on any atom is -0.435 e. The Balaban J connectivity index is 2.23. The van der Waals surface area contributed by atoms with Gasteiger partial charge in [-0.3, -0.25) is 0 Å². The number of ether oxygens (including phenoxy) is 1. The van der Waals surface area contributed by atoms with E-state index < -0.39 is 12.7 Å². The molecule has 19 heavy (non-hydrogen) atoms. The molecule has 0 heterocycles. The van der Waals surface area contributed by atoms with Crippen molar-refractivity contribution in [3.8, 4) is 5.75 Å². The van der Waals surface area contributed by atoms with E-state index in [9.17, 15) is 8.78 Å². The summed E-state index contributed by atoms with van der Waals surface area (Å²) >= 11 is 5.80. The molecule has 2 rings (SSSR count). The van der Waals surface area contributed by atoms with Crippen molar-refractivity contribution in [3.05, 3.63) is 64.7 Å². The third-order valence-electron chi connectivity index (χ3n) is 2.67. The summed E-state index contributed by atoms with van der Waals surface area (Å²) in [4.78, 5) is 0. The Morgan fingerprint density at radius 3 is 2.32 bits per heavy atom. The van der Waals surface area contributed by atoms with Crippen LogP contribution in [-0.4, -0.2) is 6.61 Å². The minimum atomic E-state index is -2.85.